The second-order valence-electron chi connectivity index (χ2n) is 23.5. The fourth-order valence-electron chi connectivity index (χ4n) is 15.1. The number of aliphatic hydroxyl groups excluding tert-OH is 11. The van der Waals surface area contributed by atoms with Gasteiger partial charge >= 0.3 is 11.9 Å². The predicted octanol–water partition coefficient (Wildman–Crippen LogP) is -0.706. The van der Waals surface area contributed by atoms with Crippen molar-refractivity contribution in [2.75, 3.05) is 26.9 Å². The van der Waals surface area contributed by atoms with Crippen LogP contribution in [0, 0.1) is 50.2 Å². The van der Waals surface area contributed by atoms with Crippen molar-refractivity contribution in [3.05, 3.63) is 11.6 Å². The van der Waals surface area contributed by atoms with E-state index in [-0.39, 0.29) is 46.0 Å². The molecule has 0 aromatic rings. The van der Waals surface area contributed by atoms with E-state index in [4.69, 9.17) is 33.2 Å². The molecule has 20 heteroatoms. The van der Waals surface area contributed by atoms with Crippen molar-refractivity contribution in [3.8, 4) is 0 Å². The van der Waals surface area contributed by atoms with Gasteiger partial charge in [-0.3, -0.25) is 4.79 Å². The van der Waals surface area contributed by atoms with Gasteiger partial charge in [0, 0.05) is 5.41 Å². The molecule has 0 aromatic heterocycles. The molecule has 20 nitrogen and oxygen atoms in total. The quantitative estimate of drug-likeness (QED) is 0.0732. The number of carbonyl (C=O) groups excluding carboxylic acids is 2. The Morgan fingerprint density at radius 1 is 0.652 bits per heavy atom. The van der Waals surface area contributed by atoms with Crippen LogP contribution in [0.1, 0.15) is 106 Å². The lowest BCUT2D eigenvalue weighted by molar-refractivity contribution is -0.364. The molecule has 5 aliphatic carbocycles. The lowest BCUT2D eigenvalue weighted by atomic mass is 9.33. The normalized spacial score (nSPS) is 52.8. The highest BCUT2D eigenvalue weighted by Gasteiger charge is 2.71. The van der Waals surface area contributed by atoms with E-state index in [1.807, 2.05) is 6.92 Å². The lowest BCUT2D eigenvalue weighted by Crippen LogP contribution is -2.68. The molecule has 0 spiro atoms. The third kappa shape index (κ3) is 8.36. The SMILES string of the molecule is COC(=O)C1OC(OC2CCC3(C)C(CCC4(C)C3CC=C3C5CC(C)(C)CCC5(C(=O)OC5OC(CO)C(O)C(O)C5O)CCC34C)C2(C)CO)C(O)C(O)C1OC1OC(CO)C(O)C(O)C1O. The van der Waals surface area contributed by atoms with Crippen molar-refractivity contribution in [2.45, 2.75) is 204 Å². The molecule has 394 valence electrons. The topological polar surface area (TPSA) is 321 Å². The molecular weight excluding hydrogens is 909 g/mol. The molecule has 69 heavy (non-hydrogen) atoms. The van der Waals surface area contributed by atoms with Crippen LogP contribution in [0.5, 0.6) is 0 Å². The first-order chi connectivity index (χ1) is 32.3. The summed E-state index contributed by atoms with van der Waals surface area (Å²) < 4.78 is 40.4. The van der Waals surface area contributed by atoms with E-state index in [0.29, 0.717) is 44.9 Å². The number of esters is 2. The fraction of sp³-hybridized carbons (Fsp3) is 0.918. The molecule has 11 N–H and O–H groups in total. The lowest BCUT2D eigenvalue weighted by Gasteiger charge is -2.71. The van der Waals surface area contributed by atoms with Crippen LogP contribution in [0.15, 0.2) is 11.6 Å². The van der Waals surface area contributed by atoms with Crippen molar-refractivity contribution in [2.24, 2.45) is 50.2 Å². The van der Waals surface area contributed by atoms with E-state index in [1.54, 1.807) is 0 Å². The van der Waals surface area contributed by atoms with Crippen LogP contribution in [0.4, 0.5) is 0 Å². The number of ether oxygens (including phenoxy) is 7. The molecule has 0 radical (unpaired) electrons. The highest BCUT2D eigenvalue weighted by Crippen LogP contribution is 2.76. The van der Waals surface area contributed by atoms with E-state index < -0.39 is 134 Å². The summed E-state index contributed by atoms with van der Waals surface area (Å²) in [5.41, 5.74) is -1.63. The minimum Gasteiger partial charge on any atom is -0.467 e. The van der Waals surface area contributed by atoms with Crippen LogP contribution < -0.4 is 0 Å². The van der Waals surface area contributed by atoms with Gasteiger partial charge in [0.25, 0.3) is 0 Å². The molecule has 3 heterocycles. The molecule has 3 aliphatic heterocycles. The minimum absolute atomic E-state index is 0.0971. The summed E-state index contributed by atoms with van der Waals surface area (Å²) in [6, 6.07) is 0. The zero-order valence-electron chi connectivity index (χ0n) is 40.8. The Morgan fingerprint density at radius 2 is 1.23 bits per heavy atom. The summed E-state index contributed by atoms with van der Waals surface area (Å²) >= 11 is 0. The summed E-state index contributed by atoms with van der Waals surface area (Å²) in [5, 5.41) is 117. The maximum absolute atomic E-state index is 14.7. The van der Waals surface area contributed by atoms with Crippen LogP contribution in [0.3, 0.4) is 0 Å². The number of hydrogen-bond acceptors (Lipinski definition) is 20. The summed E-state index contributed by atoms with van der Waals surface area (Å²) in [7, 11) is 1.08. The number of methoxy groups -OCH3 is 1. The molecule has 7 fully saturated rings. The van der Waals surface area contributed by atoms with Gasteiger partial charge < -0.3 is 89.3 Å². The van der Waals surface area contributed by atoms with Gasteiger partial charge in [-0.05, 0) is 104 Å². The first-order valence-electron chi connectivity index (χ1n) is 24.9. The van der Waals surface area contributed by atoms with Crippen LogP contribution >= 0.6 is 0 Å². The van der Waals surface area contributed by atoms with Gasteiger partial charge in [0.2, 0.25) is 6.29 Å². The van der Waals surface area contributed by atoms with Crippen LogP contribution in [-0.2, 0) is 42.7 Å². The van der Waals surface area contributed by atoms with Gasteiger partial charge in [0.1, 0.15) is 67.1 Å². The number of rotatable bonds is 10. The largest absolute Gasteiger partial charge is 0.467 e. The Kier molecular flexibility index (Phi) is 14.7. The van der Waals surface area contributed by atoms with Crippen molar-refractivity contribution in [1.29, 1.82) is 0 Å². The van der Waals surface area contributed by atoms with E-state index in [1.165, 1.54) is 5.57 Å². The molecular formula is C49H78O20. The third-order valence-electron chi connectivity index (χ3n) is 19.6. The highest BCUT2D eigenvalue weighted by atomic mass is 16.8. The fourth-order valence-corrected chi connectivity index (χ4v) is 15.1. The molecule has 3 saturated heterocycles. The summed E-state index contributed by atoms with van der Waals surface area (Å²) in [6.07, 6.45) is -17.0. The third-order valence-corrected chi connectivity index (χ3v) is 19.6. The number of carbonyl (C=O) groups is 2. The van der Waals surface area contributed by atoms with E-state index >= 15 is 0 Å². The van der Waals surface area contributed by atoms with E-state index in [0.717, 1.165) is 26.4 Å². The Balaban J connectivity index is 1.03. The average Bonchev–Trinajstić information content (AvgIpc) is 3.31. The van der Waals surface area contributed by atoms with Gasteiger partial charge in [0.15, 0.2) is 18.7 Å². The van der Waals surface area contributed by atoms with Crippen molar-refractivity contribution in [3.63, 3.8) is 0 Å². The van der Waals surface area contributed by atoms with Gasteiger partial charge in [-0.2, -0.15) is 0 Å². The standard InChI is InChI=1S/C49H78O20/c1-44(2)14-16-49(43(62)69-41-35(59)32(56)30(54)25(20-51)65-41)17-15-47(5)22(23(49)18-44)8-9-27-45(3)12-11-28(46(4,21-52)26(45)10-13-48(27,47)6)66-42-36(60)33(57)37(38(68-42)39(61)63-7)67-40-34(58)31(55)29(53)24(19-50)64-40/h8,23-38,40-42,50-60H,9-21H2,1-7H3. The highest BCUT2D eigenvalue weighted by molar-refractivity contribution is 5.79. The number of fused-ring (bicyclic) bond motifs is 7. The average molecular weight is 987 g/mol. The first kappa shape index (κ1) is 53.3. The second kappa shape index (κ2) is 19.1. The van der Waals surface area contributed by atoms with Crippen LogP contribution in [0.25, 0.3) is 0 Å². The molecule has 0 bridgehead atoms. The second-order valence-corrected chi connectivity index (χ2v) is 23.5. The summed E-state index contributed by atoms with van der Waals surface area (Å²) in [6.45, 7) is 11.7. The Bertz CT molecular complexity index is 1910. The van der Waals surface area contributed by atoms with Gasteiger partial charge in [0.05, 0.1) is 38.4 Å². The van der Waals surface area contributed by atoms with Gasteiger partial charge in [-0.15, -0.1) is 0 Å². The van der Waals surface area contributed by atoms with Crippen molar-refractivity contribution in [1.82, 2.24) is 0 Å². The Labute approximate surface area is 402 Å². The van der Waals surface area contributed by atoms with Crippen LogP contribution in [0.2, 0.25) is 0 Å². The van der Waals surface area contributed by atoms with Gasteiger partial charge in [-0.1, -0.05) is 53.2 Å². The summed E-state index contributed by atoms with van der Waals surface area (Å²) in [5.74, 6) is -1.70. The number of allylic oxidation sites excluding steroid dienone is 2. The minimum atomic E-state index is -1.90. The van der Waals surface area contributed by atoms with Crippen LogP contribution in [-0.4, -0.2) is 193 Å². The number of aliphatic hydroxyl groups is 11. The molecule has 4 saturated carbocycles. The van der Waals surface area contributed by atoms with E-state index in [9.17, 15) is 65.8 Å². The molecule has 8 aliphatic rings. The maximum Gasteiger partial charge on any atom is 0.337 e. The molecule has 0 amide bonds. The predicted molar refractivity (Wildman–Crippen MR) is 237 cm³/mol. The van der Waals surface area contributed by atoms with Crippen molar-refractivity contribution < 1.29 is 98.9 Å². The first-order valence-corrected chi connectivity index (χ1v) is 24.9. The van der Waals surface area contributed by atoms with E-state index in [2.05, 4.69) is 40.7 Å². The molecule has 24 unspecified atom stereocenters. The monoisotopic (exact) mass is 987 g/mol. The molecule has 24 atom stereocenters. The van der Waals surface area contributed by atoms with Crippen molar-refractivity contribution >= 4 is 11.9 Å². The summed E-state index contributed by atoms with van der Waals surface area (Å²) in [4.78, 5) is 27.9. The smallest absolute Gasteiger partial charge is 0.337 e. The Hall–Kier alpha value is -1.96. The molecule has 8 rings (SSSR count). The zero-order valence-corrected chi connectivity index (χ0v) is 40.8. The zero-order chi connectivity index (χ0) is 50.6. The van der Waals surface area contributed by atoms with Gasteiger partial charge in [-0.25, -0.2) is 4.79 Å². The molecule has 0 aromatic carbocycles. The maximum atomic E-state index is 14.7. The Morgan fingerprint density at radius 3 is 1.84 bits per heavy atom. The number of hydrogen-bond donors (Lipinski definition) is 11.